The molecule has 0 fully saturated rings. The van der Waals surface area contributed by atoms with Gasteiger partial charge in [0.2, 0.25) is 0 Å². The second-order valence-corrected chi connectivity index (χ2v) is 7.87. The van der Waals surface area contributed by atoms with Gasteiger partial charge in [-0.25, -0.2) is 0 Å². The number of hydrogen-bond acceptors (Lipinski definition) is 5. The molecule has 1 N–H and O–H groups in total. The van der Waals surface area contributed by atoms with Crippen LogP contribution in [-0.4, -0.2) is 29.9 Å². The van der Waals surface area contributed by atoms with Crippen molar-refractivity contribution in [3.05, 3.63) is 81.8 Å². The SMILES string of the molecule is CC(=O)/C=C/c1cccc(Cn2ccc(-c3[nH]c4c(C#N)cnn4c(=O)c3C(C)C)c2)n1. The van der Waals surface area contributed by atoms with E-state index >= 15 is 0 Å². The van der Waals surface area contributed by atoms with Crippen LogP contribution in [0.15, 0.2) is 53.7 Å². The van der Waals surface area contributed by atoms with Crippen LogP contribution < -0.4 is 5.56 Å². The fraction of sp³-hybridized carbons (Fsp3) is 0.208. The van der Waals surface area contributed by atoms with Gasteiger partial charge in [0.1, 0.15) is 11.6 Å². The van der Waals surface area contributed by atoms with E-state index < -0.39 is 0 Å². The summed E-state index contributed by atoms with van der Waals surface area (Å²) in [4.78, 5) is 32.1. The van der Waals surface area contributed by atoms with Gasteiger partial charge in [-0.15, -0.1) is 0 Å². The summed E-state index contributed by atoms with van der Waals surface area (Å²) in [7, 11) is 0. The van der Waals surface area contributed by atoms with Gasteiger partial charge in [-0.1, -0.05) is 19.9 Å². The summed E-state index contributed by atoms with van der Waals surface area (Å²) in [6.45, 7) is 5.94. The first-order valence-corrected chi connectivity index (χ1v) is 10.2. The Balaban J connectivity index is 1.72. The van der Waals surface area contributed by atoms with Crippen molar-refractivity contribution < 1.29 is 4.79 Å². The number of aromatic nitrogens is 5. The largest absolute Gasteiger partial charge is 0.348 e. The lowest BCUT2D eigenvalue weighted by Crippen LogP contribution is -2.22. The van der Waals surface area contributed by atoms with Crippen molar-refractivity contribution in [1.82, 2.24) is 24.1 Å². The standard InChI is InChI=1S/C24H22N6O2/c1-15(2)21-22(28-23-18(11-25)12-26-30(23)24(21)32)17-9-10-29(13-17)14-20-6-4-5-19(27-20)8-7-16(3)31/h4-10,12-13,15,28H,14H2,1-3H3/b8-7+. The maximum Gasteiger partial charge on any atom is 0.278 e. The van der Waals surface area contributed by atoms with E-state index in [4.69, 9.17) is 0 Å². The Labute approximate surface area is 184 Å². The number of nitrogens with one attached hydrogen (secondary N) is 1. The maximum atomic E-state index is 13.1. The number of allylic oxidation sites excluding steroid dienone is 1. The van der Waals surface area contributed by atoms with Gasteiger partial charge in [-0.05, 0) is 43.2 Å². The molecule has 4 heterocycles. The minimum Gasteiger partial charge on any atom is -0.348 e. The predicted octanol–water partition coefficient (Wildman–Crippen LogP) is 3.53. The minimum atomic E-state index is -0.232. The van der Waals surface area contributed by atoms with Crippen LogP contribution in [0.2, 0.25) is 0 Å². The molecule has 0 unspecified atom stereocenters. The molecule has 0 aliphatic heterocycles. The maximum absolute atomic E-state index is 13.1. The van der Waals surface area contributed by atoms with Gasteiger partial charge in [-0.3, -0.25) is 14.6 Å². The highest BCUT2D eigenvalue weighted by molar-refractivity contribution is 5.91. The van der Waals surface area contributed by atoms with E-state index in [9.17, 15) is 14.9 Å². The Hall–Kier alpha value is -4.25. The Kier molecular flexibility index (Phi) is 5.56. The van der Waals surface area contributed by atoms with Crippen molar-refractivity contribution in [2.45, 2.75) is 33.2 Å². The quantitative estimate of drug-likeness (QED) is 0.475. The normalized spacial score (nSPS) is 11.5. The Morgan fingerprint density at radius 2 is 2.12 bits per heavy atom. The molecule has 0 aliphatic rings. The van der Waals surface area contributed by atoms with Gasteiger partial charge in [0.25, 0.3) is 5.56 Å². The summed E-state index contributed by atoms with van der Waals surface area (Å²) in [5, 5.41) is 13.4. The smallest absolute Gasteiger partial charge is 0.278 e. The molecule has 8 heteroatoms. The average molecular weight is 426 g/mol. The molecule has 0 radical (unpaired) electrons. The molecular weight excluding hydrogens is 404 g/mol. The van der Waals surface area contributed by atoms with E-state index in [2.05, 4.69) is 21.1 Å². The van der Waals surface area contributed by atoms with Crippen LogP contribution in [0.5, 0.6) is 0 Å². The van der Waals surface area contributed by atoms with Gasteiger partial charge >= 0.3 is 0 Å². The molecule has 0 saturated heterocycles. The molecule has 4 aromatic rings. The van der Waals surface area contributed by atoms with Crippen molar-refractivity contribution in [1.29, 1.82) is 5.26 Å². The molecular formula is C24H22N6O2. The molecule has 8 nitrogen and oxygen atoms in total. The first-order chi connectivity index (χ1) is 15.4. The highest BCUT2D eigenvalue weighted by atomic mass is 16.1. The third kappa shape index (κ3) is 4.01. The molecule has 0 atom stereocenters. The van der Waals surface area contributed by atoms with Crippen molar-refractivity contribution >= 4 is 17.5 Å². The number of fused-ring (bicyclic) bond motifs is 1. The average Bonchev–Trinajstić information content (AvgIpc) is 3.39. The Bertz CT molecular complexity index is 1450. The molecule has 0 spiro atoms. The summed E-state index contributed by atoms with van der Waals surface area (Å²) in [6, 6.07) is 9.66. The first kappa shape index (κ1) is 21.0. The predicted molar refractivity (Wildman–Crippen MR) is 121 cm³/mol. The number of nitrogens with zero attached hydrogens (tertiary/aromatic N) is 5. The number of carbonyl (C=O) groups excluding carboxylic acids is 1. The van der Waals surface area contributed by atoms with Crippen molar-refractivity contribution in [3.8, 4) is 17.3 Å². The van der Waals surface area contributed by atoms with Crippen molar-refractivity contribution in [2.75, 3.05) is 0 Å². The topological polar surface area (TPSA) is 109 Å². The van der Waals surface area contributed by atoms with E-state index in [1.165, 1.54) is 23.7 Å². The van der Waals surface area contributed by atoms with E-state index in [1.54, 1.807) is 6.08 Å². The summed E-state index contributed by atoms with van der Waals surface area (Å²) in [5.41, 5.74) is 4.15. The van der Waals surface area contributed by atoms with Gasteiger partial charge in [0.05, 0.1) is 29.8 Å². The number of rotatable bonds is 6. The van der Waals surface area contributed by atoms with Crippen LogP contribution >= 0.6 is 0 Å². The summed E-state index contributed by atoms with van der Waals surface area (Å²) >= 11 is 0. The molecule has 0 bridgehead atoms. The van der Waals surface area contributed by atoms with Gasteiger partial charge in [-0.2, -0.15) is 14.9 Å². The third-order valence-corrected chi connectivity index (χ3v) is 5.10. The summed E-state index contributed by atoms with van der Waals surface area (Å²) in [5.74, 6) is -0.0699. The molecule has 0 saturated carbocycles. The molecule has 160 valence electrons. The molecule has 0 aliphatic carbocycles. The lowest BCUT2D eigenvalue weighted by molar-refractivity contribution is -0.112. The number of carbonyl (C=O) groups is 1. The first-order valence-electron chi connectivity index (χ1n) is 10.2. The van der Waals surface area contributed by atoms with Gasteiger partial charge < -0.3 is 9.55 Å². The van der Waals surface area contributed by atoms with E-state index in [0.717, 1.165) is 11.3 Å². The number of ketones is 1. The fourth-order valence-corrected chi connectivity index (χ4v) is 3.63. The number of pyridine rings is 1. The third-order valence-electron chi connectivity index (χ3n) is 5.10. The lowest BCUT2D eigenvalue weighted by Gasteiger charge is -2.12. The van der Waals surface area contributed by atoms with Crippen molar-refractivity contribution in [3.63, 3.8) is 0 Å². The van der Waals surface area contributed by atoms with E-state index in [0.29, 0.717) is 34.7 Å². The highest BCUT2D eigenvalue weighted by Crippen LogP contribution is 2.26. The van der Waals surface area contributed by atoms with Crippen LogP contribution in [-0.2, 0) is 11.3 Å². The van der Waals surface area contributed by atoms with Crippen molar-refractivity contribution in [2.24, 2.45) is 0 Å². The zero-order chi connectivity index (χ0) is 22.8. The van der Waals surface area contributed by atoms with E-state index in [1.807, 2.05) is 55.1 Å². The Morgan fingerprint density at radius 1 is 1.31 bits per heavy atom. The summed E-state index contributed by atoms with van der Waals surface area (Å²) in [6.07, 6.45) is 8.44. The molecule has 0 amide bonds. The zero-order valence-electron chi connectivity index (χ0n) is 18.0. The summed E-state index contributed by atoms with van der Waals surface area (Å²) < 4.78 is 3.22. The molecule has 0 aromatic carbocycles. The lowest BCUT2D eigenvalue weighted by atomic mass is 10.00. The molecule has 4 aromatic heterocycles. The van der Waals surface area contributed by atoms with Gasteiger partial charge in [0, 0.05) is 23.5 Å². The second kappa shape index (κ2) is 8.47. The van der Waals surface area contributed by atoms with Gasteiger partial charge in [0.15, 0.2) is 11.4 Å². The molecule has 32 heavy (non-hydrogen) atoms. The number of H-pyrrole nitrogens is 1. The zero-order valence-corrected chi connectivity index (χ0v) is 18.0. The van der Waals surface area contributed by atoms with Crippen LogP contribution in [0.25, 0.3) is 23.0 Å². The molecule has 4 rings (SSSR count). The number of hydrogen-bond donors (Lipinski definition) is 1. The number of aromatic amines is 1. The fourth-order valence-electron chi connectivity index (χ4n) is 3.63. The van der Waals surface area contributed by atoms with Crippen LogP contribution in [0.1, 0.15) is 49.2 Å². The monoisotopic (exact) mass is 426 g/mol. The second-order valence-electron chi connectivity index (χ2n) is 7.87. The van der Waals surface area contributed by atoms with Crippen LogP contribution in [0, 0.1) is 11.3 Å². The number of nitriles is 1. The van der Waals surface area contributed by atoms with Crippen LogP contribution in [0.3, 0.4) is 0 Å². The van der Waals surface area contributed by atoms with Crippen LogP contribution in [0.4, 0.5) is 0 Å². The van der Waals surface area contributed by atoms with E-state index in [-0.39, 0.29) is 17.3 Å². The minimum absolute atomic E-state index is 0.0306. The Morgan fingerprint density at radius 3 is 2.84 bits per heavy atom. The highest BCUT2D eigenvalue weighted by Gasteiger charge is 2.19.